The third-order valence-electron chi connectivity index (χ3n) is 2.96. The zero-order valence-electron chi connectivity index (χ0n) is 10.2. The van der Waals surface area contributed by atoms with Crippen molar-refractivity contribution in [2.75, 3.05) is 20.3 Å². The van der Waals surface area contributed by atoms with Crippen molar-refractivity contribution in [2.45, 2.75) is 6.04 Å². The fraction of sp³-hybridized carbons (Fsp3) is 0.333. The molecule has 6 nitrogen and oxygen atoms in total. The normalized spacial score (nSPS) is 23.2. The fourth-order valence-electron chi connectivity index (χ4n) is 2.08. The van der Waals surface area contributed by atoms with E-state index in [1.807, 2.05) is 12.1 Å². The Morgan fingerprint density at radius 2 is 2.16 bits per heavy atom. The Hall–Kier alpha value is -1.76. The van der Waals surface area contributed by atoms with Crippen LogP contribution in [0.2, 0.25) is 0 Å². The van der Waals surface area contributed by atoms with Crippen molar-refractivity contribution >= 4 is 27.8 Å². The lowest BCUT2D eigenvalue weighted by atomic mass is 10.1. The van der Waals surface area contributed by atoms with Crippen LogP contribution in [0.15, 0.2) is 21.6 Å². The number of carbonyl (C=O) groups excluding carboxylic acids is 1. The topological polar surface area (TPSA) is 72.0 Å². The van der Waals surface area contributed by atoms with Gasteiger partial charge in [0.15, 0.2) is 17.5 Å². The third-order valence-corrected chi connectivity index (χ3v) is 3.55. The predicted octanol–water partition coefficient (Wildman–Crippen LogP) is 0.967. The number of rotatable bonds is 1. The molecule has 0 bridgehead atoms. The number of benzene rings is 1. The van der Waals surface area contributed by atoms with Crippen LogP contribution in [0.4, 0.5) is 0 Å². The molecule has 1 unspecified atom stereocenters. The molecule has 3 rings (SSSR count). The van der Waals surface area contributed by atoms with Gasteiger partial charge < -0.3 is 14.8 Å². The number of aliphatic imine (C=N–C) groups is 1. The lowest BCUT2D eigenvalue weighted by molar-refractivity contribution is -0.120. The van der Waals surface area contributed by atoms with Crippen molar-refractivity contribution in [3.63, 3.8) is 0 Å². The molecule has 0 spiro atoms. The molecule has 0 saturated carbocycles. The summed E-state index contributed by atoms with van der Waals surface area (Å²) in [4.78, 5) is 15.8. The largest absolute Gasteiger partial charge is 0.486 e. The number of nitrogens with one attached hydrogen (secondary N) is 2. The maximum Gasteiger partial charge on any atom is 0.253 e. The van der Waals surface area contributed by atoms with Crippen LogP contribution in [0.1, 0.15) is 11.6 Å². The van der Waals surface area contributed by atoms with Crippen LogP contribution in [0.5, 0.6) is 11.5 Å². The van der Waals surface area contributed by atoms with Gasteiger partial charge in [-0.2, -0.15) is 0 Å². The predicted molar refractivity (Wildman–Crippen MR) is 72.5 cm³/mol. The first kappa shape index (κ1) is 12.3. The van der Waals surface area contributed by atoms with Gasteiger partial charge in [-0.1, -0.05) is 0 Å². The molecule has 1 fully saturated rings. The number of carbonyl (C=O) groups is 1. The van der Waals surface area contributed by atoms with Gasteiger partial charge in [-0.25, -0.2) is 0 Å². The van der Waals surface area contributed by atoms with Gasteiger partial charge >= 0.3 is 0 Å². The summed E-state index contributed by atoms with van der Waals surface area (Å²) in [6.45, 7) is 1.04. The average molecular weight is 326 g/mol. The fourth-order valence-corrected chi connectivity index (χ4v) is 2.65. The summed E-state index contributed by atoms with van der Waals surface area (Å²) >= 11 is 3.44. The zero-order chi connectivity index (χ0) is 13.4. The highest BCUT2D eigenvalue weighted by atomic mass is 79.9. The molecule has 2 aliphatic heterocycles. The Kier molecular flexibility index (Phi) is 3.06. The Labute approximate surface area is 118 Å². The quantitative estimate of drug-likeness (QED) is 0.807. The molecule has 1 aromatic rings. The van der Waals surface area contributed by atoms with Gasteiger partial charge in [0.25, 0.3) is 5.91 Å². The molecule has 0 radical (unpaired) electrons. The van der Waals surface area contributed by atoms with Crippen molar-refractivity contribution in [3.05, 3.63) is 22.2 Å². The molecule has 7 heteroatoms. The highest BCUT2D eigenvalue weighted by molar-refractivity contribution is 9.10. The maximum absolute atomic E-state index is 11.9. The van der Waals surface area contributed by atoms with Gasteiger partial charge in [0.05, 0.1) is 4.47 Å². The van der Waals surface area contributed by atoms with E-state index in [1.54, 1.807) is 7.05 Å². The zero-order valence-corrected chi connectivity index (χ0v) is 11.8. The summed E-state index contributed by atoms with van der Waals surface area (Å²) in [6, 6.07) is 3.20. The van der Waals surface area contributed by atoms with Crippen LogP contribution in [0.25, 0.3) is 0 Å². The monoisotopic (exact) mass is 325 g/mol. The molecular weight excluding hydrogens is 314 g/mol. The molecule has 1 aromatic carbocycles. The van der Waals surface area contributed by atoms with E-state index in [1.165, 1.54) is 0 Å². The number of halogens is 1. The molecular formula is C12H12BrN3O3. The smallest absolute Gasteiger partial charge is 0.253 e. The van der Waals surface area contributed by atoms with Crippen LogP contribution in [-0.4, -0.2) is 32.1 Å². The molecule has 100 valence electrons. The maximum atomic E-state index is 11.9. The first-order valence-corrected chi connectivity index (χ1v) is 6.61. The lowest BCUT2D eigenvalue weighted by Crippen LogP contribution is -2.24. The molecule has 0 aliphatic carbocycles. The second-order valence-electron chi connectivity index (χ2n) is 4.17. The molecule has 2 N–H and O–H groups in total. The van der Waals surface area contributed by atoms with Gasteiger partial charge in [-0.15, -0.1) is 0 Å². The lowest BCUT2D eigenvalue weighted by Gasteiger charge is -2.21. The van der Waals surface area contributed by atoms with Crippen LogP contribution >= 0.6 is 15.9 Å². The van der Waals surface area contributed by atoms with Crippen LogP contribution in [0.3, 0.4) is 0 Å². The van der Waals surface area contributed by atoms with E-state index in [9.17, 15) is 4.79 Å². The van der Waals surface area contributed by atoms with Crippen molar-refractivity contribution in [1.29, 1.82) is 0 Å². The summed E-state index contributed by atoms with van der Waals surface area (Å²) in [6.07, 6.45) is 0. The first-order valence-electron chi connectivity index (χ1n) is 5.82. The second kappa shape index (κ2) is 4.73. The van der Waals surface area contributed by atoms with E-state index >= 15 is 0 Å². The summed E-state index contributed by atoms with van der Waals surface area (Å²) in [5.41, 5.74) is 0.798. The Bertz CT molecular complexity index is 574. The average Bonchev–Trinajstić information content (AvgIpc) is 2.80. The minimum atomic E-state index is -0.467. The molecule has 1 saturated heterocycles. The minimum Gasteiger partial charge on any atom is -0.486 e. The highest BCUT2D eigenvalue weighted by Crippen LogP contribution is 2.40. The van der Waals surface area contributed by atoms with Crippen LogP contribution < -0.4 is 20.1 Å². The van der Waals surface area contributed by atoms with Crippen molar-refractivity contribution in [1.82, 2.24) is 10.6 Å². The van der Waals surface area contributed by atoms with Gasteiger partial charge in [0.2, 0.25) is 0 Å². The van der Waals surface area contributed by atoms with E-state index in [-0.39, 0.29) is 5.91 Å². The van der Waals surface area contributed by atoms with E-state index < -0.39 is 6.04 Å². The summed E-state index contributed by atoms with van der Waals surface area (Å²) < 4.78 is 11.8. The van der Waals surface area contributed by atoms with E-state index in [4.69, 9.17) is 9.47 Å². The Morgan fingerprint density at radius 3 is 2.89 bits per heavy atom. The highest BCUT2D eigenvalue weighted by Gasteiger charge is 2.31. The molecule has 1 amide bonds. The van der Waals surface area contributed by atoms with Crippen LogP contribution in [-0.2, 0) is 4.79 Å². The number of amides is 1. The number of fused-ring (bicyclic) bond motifs is 1. The standard InChI is InChI=1S/C12H12BrN3O3/c1-14-12-15-9(11(17)16-12)6-4-7(13)10-8(5-6)18-2-3-19-10/h4-5,9H,2-3H2,1H3,(H2,14,15,16,17). The number of guanidine groups is 1. The third kappa shape index (κ3) is 2.14. The van der Waals surface area contributed by atoms with Crippen molar-refractivity contribution in [2.24, 2.45) is 4.99 Å². The van der Waals surface area contributed by atoms with Gasteiger partial charge in [-0.05, 0) is 33.6 Å². The molecule has 1 atom stereocenters. The molecule has 2 heterocycles. The summed E-state index contributed by atoms with van der Waals surface area (Å²) in [5, 5.41) is 5.68. The molecule has 0 aromatic heterocycles. The van der Waals surface area contributed by atoms with E-state index in [2.05, 4.69) is 31.6 Å². The Morgan fingerprint density at radius 1 is 1.37 bits per heavy atom. The Balaban J connectivity index is 1.98. The van der Waals surface area contributed by atoms with E-state index in [0.717, 1.165) is 10.0 Å². The van der Waals surface area contributed by atoms with Gasteiger partial charge in [0, 0.05) is 7.05 Å². The number of hydrogen-bond acceptors (Lipinski definition) is 4. The first-order chi connectivity index (χ1) is 9.19. The molecule has 19 heavy (non-hydrogen) atoms. The van der Waals surface area contributed by atoms with E-state index in [0.29, 0.717) is 30.7 Å². The number of ether oxygens (including phenoxy) is 2. The van der Waals surface area contributed by atoms with Gasteiger partial charge in [0.1, 0.15) is 19.3 Å². The SMILES string of the molecule is CN=C1NC(=O)C(c2cc(Br)c3c(c2)OCCO3)N1. The van der Waals surface area contributed by atoms with Crippen molar-refractivity contribution < 1.29 is 14.3 Å². The number of hydrogen-bond donors (Lipinski definition) is 2. The van der Waals surface area contributed by atoms with Crippen LogP contribution in [0, 0.1) is 0 Å². The summed E-state index contributed by atoms with van der Waals surface area (Å²) in [7, 11) is 1.62. The van der Waals surface area contributed by atoms with Gasteiger partial charge in [-0.3, -0.25) is 15.1 Å². The molecule has 2 aliphatic rings. The minimum absolute atomic E-state index is 0.135. The number of nitrogens with zero attached hydrogens (tertiary/aromatic N) is 1. The van der Waals surface area contributed by atoms with Crippen molar-refractivity contribution in [3.8, 4) is 11.5 Å². The summed E-state index contributed by atoms with van der Waals surface area (Å²) in [5.74, 6) is 1.66. The second-order valence-corrected chi connectivity index (χ2v) is 5.02.